The van der Waals surface area contributed by atoms with Crippen LogP contribution in [0.1, 0.15) is 68.2 Å². The number of amides is 1. The first-order valence-corrected chi connectivity index (χ1v) is 15.2. The molecule has 1 amide bonds. The Hall–Kier alpha value is -3.96. The third kappa shape index (κ3) is 6.52. The van der Waals surface area contributed by atoms with E-state index in [-0.39, 0.29) is 23.0 Å². The molecule has 0 aliphatic carbocycles. The number of halogens is 3. The number of allylic oxidation sites excluding steroid dienone is 1. The van der Waals surface area contributed by atoms with E-state index in [1.54, 1.807) is 30.5 Å². The molecule has 1 aliphatic heterocycles. The number of piperidine rings is 1. The van der Waals surface area contributed by atoms with E-state index >= 15 is 0 Å². The minimum atomic E-state index is -2.68. The molecule has 5 rings (SSSR count). The van der Waals surface area contributed by atoms with E-state index in [1.807, 2.05) is 18.7 Å². The molecule has 1 aliphatic rings. The fourth-order valence-corrected chi connectivity index (χ4v) is 5.91. The Balaban J connectivity index is 1.76. The van der Waals surface area contributed by atoms with Crippen LogP contribution < -0.4 is 10.3 Å². The molecule has 4 aromatic rings. The van der Waals surface area contributed by atoms with Gasteiger partial charge in [-0.05, 0) is 70.4 Å². The highest BCUT2D eigenvalue weighted by Crippen LogP contribution is 2.33. The lowest BCUT2D eigenvalue weighted by molar-refractivity contribution is 0.0723. The molecule has 1 fully saturated rings. The second kappa shape index (κ2) is 13.1. The van der Waals surface area contributed by atoms with Gasteiger partial charge >= 0.3 is 0 Å². The normalized spacial score (nSPS) is 13.3. The van der Waals surface area contributed by atoms with E-state index in [2.05, 4.69) is 15.0 Å². The number of likely N-dealkylation sites (tertiary alicyclic amines) is 1. The highest BCUT2D eigenvalue weighted by atomic mass is 35.5. The number of carbonyl (C=O) groups is 1. The number of hydrogen-bond acceptors (Lipinski definition) is 7. The predicted octanol–water partition coefficient (Wildman–Crippen LogP) is 7.46. The van der Waals surface area contributed by atoms with Crippen molar-refractivity contribution in [2.24, 2.45) is 0 Å². The number of nitrogens with zero attached hydrogens (tertiary/aromatic N) is 5. The third-order valence-electron chi connectivity index (χ3n) is 6.90. The van der Waals surface area contributed by atoms with E-state index in [0.717, 1.165) is 24.8 Å². The molecule has 0 aromatic carbocycles. The van der Waals surface area contributed by atoms with Gasteiger partial charge in [-0.15, -0.1) is 11.3 Å². The highest BCUT2D eigenvalue weighted by Gasteiger charge is 2.27. The molecule has 0 saturated carbocycles. The second-order valence-electron chi connectivity index (χ2n) is 10.3. The Morgan fingerprint density at radius 3 is 2.56 bits per heavy atom. The summed E-state index contributed by atoms with van der Waals surface area (Å²) in [7, 11) is 0. The number of hydrogen-bond donors (Lipinski definition) is 0. The number of aromatic nitrogens is 4. The minimum absolute atomic E-state index is 0.191. The van der Waals surface area contributed by atoms with Gasteiger partial charge in [0.25, 0.3) is 17.9 Å². The lowest BCUT2D eigenvalue weighted by Crippen LogP contribution is -2.37. The van der Waals surface area contributed by atoms with Crippen LogP contribution in [0.4, 0.5) is 8.78 Å². The fourth-order valence-electron chi connectivity index (χ4n) is 4.92. The first-order valence-electron chi connectivity index (χ1n) is 13.9. The number of carbonyl (C=O) groups excluding carboxylic acids is 1. The molecule has 224 valence electrons. The molecule has 0 bridgehead atoms. The van der Waals surface area contributed by atoms with Gasteiger partial charge < -0.3 is 9.64 Å². The van der Waals surface area contributed by atoms with Crippen molar-refractivity contribution in [3.8, 4) is 33.4 Å². The quantitative estimate of drug-likeness (QED) is 0.202. The fraction of sp³-hybridized carbons (Fsp3) is 0.323. The van der Waals surface area contributed by atoms with Gasteiger partial charge in [0.05, 0.1) is 34.1 Å². The maximum Gasteiger partial charge on any atom is 0.280 e. The van der Waals surface area contributed by atoms with Crippen LogP contribution in [-0.4, -0.2) is 50.0 Å². The summed E-state index contributed by atoms with van der Waals surface area (Å²) in [6.07, 6.45) is 4.73. The summed E-state index contributed by atoms with van der Waals surface area (Å²) in [6.45, 7) is 7.11. The Morgan fingerprint density at radius 2 is 1.91 bits per heavy atom. The lowest BCUT2D eigenvalue weighted by Gasteiger charge is -2.28. The van der Waals surface area contributed by atoms with Crippen LogP contribution in [0.2, 0.25) is 5.02 Å². The summed E-state index contributed by atoms with van der Waals surface area (Å²) in [5, 5.41) is 2.37. The molecule has 0 unspecified atom stereocenters. The maximum absolute atomic E-state index is 14.4. The third-order valence-corrected chi connectivity index (χ3v) is 7.98. The van der Waals surface area contributed by atoms with Crippen molar-refractivity contribution in [3.05, 3.63) is 79.9 Å². The predicted molar refractivity (Wildman–Crippen MR) is 164 cm³/mol. The monoisotopic (exact) mass is 625 g/mol. The van der Waals surface area contributed by atoms with E-state index < -0.39 is 12.0 Å². The minimum Gasteiger partial charge on any atom is -0.476 e. The summed E-state index contributed by atoms with van der Waals surface area (Å²) in [5.41, 5.74) is 2.30. The first-order chi connectivity index (χ1) is 20.7. The van der Waals surface area contributed by atoms with Crippen molar-refractivity contribution >= 4 is 34.9 Å². The van der Waals surface area contributed by atoms with E-state index in [9.17, 15) is 18.4 Å². The number of thiazole rings is 1. The van der Waals surface area contributed by atoms with Crippen molar-refractivity contribution in [1.29, 1.82) is 0 Å². The van der Waals surface area contributed by atoms with Crippen molar-refractivity contribution in [2.45, 2.75) is 46.5 Å². The van der Waals surface area contributed by atoms with Crippen molar-refractivity contribution in [3.63, 3.8) is 0 Å². The topological polar surface area (TPSA) is 90.2 Å². The number of rotatable bonds is 8. The Morgan fingerprint density at radius 1 is 1.14 bits per heavy atom. The summed E-state index contributed by atoms with van der Waals surface area (Å²) >= 11 is 7.58. The molecule has 43 heavy (non-hydrogen) atoms. The number of alkyl halides is 2. The van der Waals surface area contributed by atoms with Crippen LogP contribution in [0.25, 0.3) is 33.6 Å². The van der Waals surface area contributed by atoms with E-state index in [0.29, 0.717) is 57.9 Å². The zero-order valence-electron chi connectivity index (χ0n) is 23.9. The average Bonchev–Trinajstić information content (AvgIpc) is 3.48. The molecule has 0 radical (unpaired) electrons. The van der Waals surface area contributed by atoms with Crippen LogP contribution >= 0.6 is 22.9 Å². The Kier molecular flexibility index (Phi) is 9.31. The zero-order valence-corrected chi connectivity index (χ0v) is 25.5. The van der Waals surface area contributed by atoms with Crippen LogP contribution in [0.15, 0.2) is 52.4 Å². The van der Waals surface area contributed by atoms with Gasteiger partial charge in [0, 0.05) is 36.4 Å². The van der Waals surface area contributed by atoms with Gasteiger partial charge in [0.1, 0.15) is 16.4 Å². The van der Waals surface area contributed by atoms with Gasteiger partial charge in [0.2, 0.25) is 5.88 Å². The lowest BCUT2D eigenvalue weighted by atomic mass is 10.0. The molecule has 1 saturated heterocycles. The molecule has 12 heteroatoms. The Bertz CT molecular complexity index is 1730. The molecular weight excluding hydrogens is 596 g/mol. The molecule has 5 heterocycles. The van der Waals surface area contributed by atoms with Crippen LogP contribution in [0.3, 0.4) is 0 Å². The SMILES string of the molecule is CCOc1ncc(Cl)cc1-n1c(C=C(C)C)c(C(=O)N2CCCCC2)cc(-c2nc(-c3ccc(C(F)F)nc3)cs2)c1=O. The summed E-state index contributed by atoms with van der Waals surface area (Å²) in [4.78, 5) is 43.1. The van der Waals surface area contributed by atoms with E-state index in [4.69, 9.17) is 16.3 Å². The van der Waals surface area contributed by atoms with Gasteiger partial charge in [-0.25, -0.2) is 18.7 Å². The van der Waals surface area contributed by atoms with Gasteiger partial charge in [0.15, 0.2) is 0 Å². The molecular formula is C31H30ClF2N5O3S. The summed E-state index contributed by atoms with van der Waals surface area (Å²) < 4.78 is 33.3. The Labute approximate surface area is 256 Å². The zero-order chi connectivity index (χ0) is 30.7. The molecule has 0 atom stereocenters. The largest absolute Gasteiger partial charge is 0.476 e. The second-order valence-corrected chi connectivity index (χ2v) is 11.6. The van der Waals surface area contributed by atoms with Crippen molar-refractivity contribution < 1.29 is 18.3 Å². The molecule has 4 aromatic heterocycles. The summed E-state index contributed by atoms with van der Waals surface area (Å²) in [6, 6.07) is 5.95. The average molecular weight is 626 g/mol. The number of ether oxygens (including phenoxy) is 1. The molecule has 0 N–H and O–H groups in total. The number of pyridine rings is 3. The standard InChI is InChI=1S/C31H30ClF2N5O3S/c1-4-42-28-26(13-20(32)16-36-28)39-25(12-18(2)3)21(30(40)38-10-6-5-7-11-38)14-22(31(39)41)29-37-24(17-43-29)19-8-9-23(27(33)34)35-15-19/h8-9,12-17,27H,4-7,10-11H2,1-3H3. The van der Waals surface area contributed by atoms with Crippen molar-refractivity contribution in [2.75, 3.05) is 19.7 Å². The van der Waals surface area contributed by atoms with Crippen molar-refractivity contribution in [1.82, 2.24) is 24.4 Å². The first kappa shape index (κ1) is 30.5. The van der Waals surface area contributed by atoms with Gasteiger partial charge in [-0.1, -0.05) is 17.2 Å². The van der Waals surface area contributed by atoms with Crippen LogP contribution in [0, 0.1) is 0 Å². The van der Waals surface area contributed by atoms with Crippen LogP contribution in [-0.2, 0) is 0 Å². The summed E-state index contributed by atoms with van der Waals surface area (Å²) in [5.74, 6) is -0.00494. The van der Waals surface area contributed by atoms with Crippen LogP contribution in [0.5, 0.6) is 5.88 Å². The van der Waals surface area contributed by atoms with Gasteiger partial charge in [-0.2, -0.15) is 0 Å². The smallest absolute Gasteiger partial charge is 0.280 e. The van der Waals surface area contributed by atoms with Gasteiger partial charge in [-0.3, -0.25) is 19.1 Å². The highest BCUT2D eigenvalue weighted by molar-refractivity contribution is 7.13. The molecule has 8 nitrogen and oxygen atoms in total. The molecule has 0 spiro atoms. The van der Waals surface area contributed by atoms with E-state index in [1.165, 1.54) is 40.4 Å². The maximum atomic E-state index is 14.4.